The third kappa shape index (κ3) is 4.67. The standard InChI is InChI=1S/C17H21F3N4OP2/c1-10-9-23(15(25)7-17(19,20)27)5-3-12(10)14-2-4-22-24(14)16-13(18)6-11(26)8-21-16/h2,4,6,8,10,12H,3,5,7,9,26-27H2,1H3. The Kier molecular flexibility index (Phi) is 5.87. The summed E-state index contributed by atoms with van der Waals surface area (Å²) in [4.78, 5) is 17.7. The quantitative estimate of drug-likeness (QED) is 0.721. The molecular weight excluding hydrogens is 395 g/mol. The van der Waals surface area contributed by atoms with Crippen LogP contribution in [0.5, 0.6) is 0 Å². The fraction of sp³-hybridized carbons (Fsp3) is 0.471. The molecule has 5 nitrogen and oxygen atoms in total. The SMILES string of the molecule is CC1CN(C(=O)CC(F)(F)P)CCC1c1ccnn1-c1ncc(P)cc1F. The molecule has 0 bridgehead atoms. The number of hydrogen-bond donors (Lipinski definition) is 0. The molecule has 0 aliphatic carbocycles. The monoisotopic (exact) mass is 416 g/mol. The highest BCUT2D eigenvalue weighted by Gasteiger charge is 2.35. The van der Waals surface area contributed by atoms with Crippen molar-refractivity contribution in [3.05, 3.63) is 36.0 Å². The normalized spacial score (nSPS) is 20.7. The third-order valence-corrected chi connectivity index (χ3v) is 5.26. The van der Waals surface area contributed by atoms with Gasteiger partial charge in [-0.15, -0.1) is 9.24 Å². The molecule has 146 valence electrons. The van der Waals surface area contributed by atoms with Crippen molar-refractivity contribution in [2.45, 2.75) is 31.3 Å². The summed E-state index contributed by atoms with van der Waals surface area (Å²) in [7, 11) is 3.79. The highest BCUT2D eigenvalue weighted by Crippen LogP contribution is 2.35. The maximum atomic E-state index is 14.3. The largest absolute Gasteiger partial charge is 0.342 e. The molecule has 1 aliphatic heterocycles. The van der Waals surface area contributed by atoms with Gasteiger partial charge in [0.1, 0.15) is 0 Å². The first kappa shape index (κ1) is 20.2. The van der Waals surface area contributed by atoms with Crippen LogP contribution < -0.4 is 5.30 Å². The Balaban J connectivity index is 1.78. The highest BCUT2D eigenvalue weighted by atomic mass is 31.0. The molecule has 4 unspecified atom stereocenters. The second-order valence-corrected chi connectivity index (χ2v) is 8.40. The van der Waals surface area contributed by atoms with Crippen LogP contribution in [0.3, 0.4) is 0 Å². The van der Waals surface area contributed by atoms with Gasteiger partial charge in [0, 0.05) is 37.1 Å². The smallest absolute Gasteiger partial charge is 0.267 e. The van der Waals surface area contributed by atoms with Crippen LogP contribution in [0.25, 0.3) is 5.82 Å². The molecule has 0 spiro atoms. The van der Waals surface area contributed by atoms with E-state index < -0.39 is 23.8 Å². The number of likely N-dealkylation sites (tertiary alicyclic amines) is 1. The van der Waals surface area contributed by atoms with Crippen molar-refractivity contribution < 1.29 is 18.0 Å². The fourth-order valence-corrected chi connectivity index (χ4v) is 3.89. The molecule has 0 N–H and O–H groups in total. The van der Waals surface area contributed by atoms with Gasteiger partial charge >= 0.3 is 0 Å². The number of pyridine rings is 1. The van der Waals surface area contributed by atoms with E-state index in [0.29, 0.717) is 24.8 Å². The minimum Gasteiger partial charge on any atom is -0.342 e. The summed E-state index contributed by atoms with van der Waals surface area (Å²) in [5, 5.41) is 4.85. The minimum absolute atomic E-state index is 0.0142. The molecule has 4 atom stereocenters. The lowest BCUT2D eigenvalue weighted by molar-refractivity contribution is -0.136. The van der Waals surface area contributed by atoms with Gasteiger partial charge < -0.3 is 4.90 Å². The van der Waals surface area contributed by atoms with Crippen LogP contribution in [0, 0.1) is 11.7 Å². The second-order valence-electron chi connectivity index (χ2n) is 6.89. The number of rotatable bonds is 4. The van der Waals surface area contributed by atoms with E-state index in [2.05, 4.69) is 19.3 Å². The van der Waals surface area contributed by atoms with Gasteiger partial charge in [0.05, 0.1) is 6.42 Å². The van der Waals surface area contributed by atoms with Crippen molar-refractivity contribution in [1.82, 2.24) is 19.7 Å². The van der Waals surface area contributed by atoms with Gasteiger partial charge in [-0.05, 0) is 29.8 Å². The Morgan fingerprint density at radius 1 is 1.44 bits per heavy atom. The second kappa shape index (κ2) is 7.84. The first-order chi connectivity index (χ1) is 12.7. The van der Waals surface area contributed by atoms with Crippen LogP contribution in [0.1, 0.15) is 31.4 Å². The Morgan fingerprint density at radius 3 is 2.81 bits per heavy atom. The molecule has 1 amide bonds. The van der Waals surface area contributed by atoms with E-state index in [4.69, 9.17) is 0 Å². The average Bonchev–Trinajstić information content (AvgIpc) is 3.02. The summed E-state index contributed by atoms with van der Waals surface area (Å²) in [6.45, 7) is 2.70. The zero-order valence-corrected chi connectivity index (χ0v) is 17.1. The topological polar surface area (TPSA) is 51.0 Å². The summed E-state index contributed by atoms with van der Waals surface area (Å²) < 4.78 is 42.0. The van der Waals surface area contributed by atoms with Crippen molar-refractivity contribution in [1.29, 1.82) is 0 Å². The molecule has 27 heavy (non-hydrogen) atoms. The molecule has 10 heteroatoms. The van der Waals surface area contributed by atoms with Crippen molar-refractivity contribution in [2.24, 2.45) is 5.92 Å². The van der Waals surface area contributed by atoms with E-state index >= 15 is 0 Å². The number of nitrogens with zero attached hydrogens (tertiary/aromatic N) is 4. The molecule has 0 aromatic carbocycles. The van der Waals surface area contributed by atoms with E-state index in [0.717, 1.165) is 5.69 Å². The lowest BCUT2D eigenvalue weighted by Crippen LogP contribution is -2.43. The molecule has 3 rings (SSSR count). The van der Waals surface area contributed by atoms with E-state index in [1.807, 2.05) is 13.0 Å². The minimum atomic E-state index is -3.09. The Labute approximate surface area is 160 Å². The number of amides is 1. The first-order valence-corrected chi connectivity index (χ1v) is 9.71. The van der Waals surface area contributed by atoms with Crippen LogP contribution in [-0.4, -0.2) is 44.3 Å². The van der Waals surface area contributed by atoms with Gasteiger partial charge in [-0.1, -0.05) is 16.2 Å². The molecule has 0 radical (unpaired) electrons. The van der Waals surface area contributed by atoms with Crippen molar-refractivity contribution in [3.63, 3.8) is 0 Å². The summed E-state index contributed by atoms with van der Waals surface area (Å²) in [5.41, 5.74) is -2.29. The number of hydrogen-bond acceptors (Lipinski definition) is 3. The molecular formula is C17H21F3N4OP2. The summed E-state index contributed by atoms with van der Waals surface area (Å²) in [5.74, 6) is -0.882. The average molecular weight is 416 g/mol. The Morgan fingerprint density at radius 2 is 2.19 bits per heavy atom. The number of carbonyl (C=O) groups excluding carboxylic acids is 1. The van der Waals surface area contributed by atoms with Gasteiger partial charge in [0.25, 0.3) is 5.66 Å². The van der Waals surface area contributed by atoms with Crippen LogP contribution in [0.2, 0.25) is 0 Å². The zero-order chi connectivity index (χ0) is 19.8. The van der Waals surface area contributed by atoms with Crippen LogP contribution in [0.15, 0.2) is 24.5 Å². The summed E-state index contributed by atoms with van der Waals surface area (Å²) >= 11 is 0. The van der Waals surface area contributed by atoms with Crippen LogP contribution in [-0.2, 0) is 4.79 Å². The van der Waals surface area contributed by atoms with Crippen LogP contribution in [0.4, 0.5) is 13.2 Å². The lowest BCUT2D eigenvalue weighted by Gasteiger charge is -2.37. The molecule has 3 heterocycles. The predicted octanol–water partition coefficient (Wildman–Crippen LogP) is 2.72. The Bertz CT molecular complexity index is 840. The van der Waals surface area contributed by atoms with Crippen molar-refractivity contribution in [3.8, 4) is 5.82 Å². The van der Waals surface area contributed by atoms with E-state index in [-0.39, 0.29) is 17.7 Å². The maximum absolute atomic E-state index is 14.3. The first-order valence-electron chi connectivity index (χ1n) is 8.55. The highest BCUT2D eigenvalue weighted by molar-refractivity contribution is 7.27. The van der Waals surface area contributed by atoms with Gasteiger partial charge in [0.15, 0.2) is 11.6 Å². The molecule has 1 fully saturated rings. The predicted molar refractivity (Wildman–Crippen MR) is 103 cm³/mol. The zero-order valence-electron chi connectivity index (χ0n) is 14.8. The van der Waals surface area contributed by atoms with Gasteiger partial charge in [0.2, 0.25) is 5.91 Å². The van der Waals surface area contributed by atoms with E-state index in [1.165, 1.54) is 24.9 Å². The summed E-state index contributed by atoms with van der Waals surface area (Å²) in [6, 6.07) is 3.18. The van der Waals surface area contributed by atoms with Gasteiger partial charge in [-0.25, -0.2) is 22.8 Å². The number of aromatic nitrogens is 3. The van der Waals surface area contributed by atoms with Crippen LogP contribution >= 0.6 is 18.5 Å². The fourth-order valence-electron chi connectivity index (χ4n) is 3.50. The third-order valence-electron chi connectivity index (χ3n) is 4.74. The molecule has 0 saturated carbocycles. The molecule has 1 saturated heterocycles. The lowest BCUT2D eigenvalue weighted by atomic mass is 9.84. The number of alkyl halides is 2. The number of carbonyl (C=O) groups is 1. The maximum Gasteiger partial charge on any atom is 0.267 e. The summed E-state index contributed by atoms with van der Waals surface area (Å²) in [6.07, 6.45) is 2.90. The van der Waals surface area contributed by atoms with Gasteiger partial charge in [-0.2, -0.15) is 5.10 Å². The number of piperidine rings is 1. The van der Waals surface area contributed by atoms with Gasteiger partial charge in [-0.3, -0.25) is 4.79 Å². The molecule has 2 aromatic heterocycles. The number of halogens is 3. The molecule has 2 aromatic rings. The van der Waals surface area contributed by atoms with E-state index in [9.17, 15) is 18.0 Å². The van der Waals surface area contributed by atoms with Crippen molar-refractivity contribution >= 4 is 29.7 Å². The Hall–Kier alpha value is -1.52. The molecule has 1 aliphatic rings. The van der Waals surface area contributed by atoms with Crippen molar-refractivity contribution in [2.75, 3.05) is 13.1 Å². The van der Waals surface area contributed by atoms with E-state index in [1.54, 1.807) is 12.4 Å².